The predicted molar refractivity (Wildman–Crippen MR) is 115 cm³/mol. The average molecular weight is 433 g/mol. The van der Waals surface area contributed by atoms with E-state index in [9.17, 15) is 4.79 Å². The number of carbonyl (C=O) groups is 1. The number of thiophene rings is 1. The van der Waals surface area contributed by atoms with Crippen LogP contribution in [-0.2, 0) is 16.8 Å². The first-order valence-electron chi connectivity index (χ1n) is 10.4. The number of hydrogen-bond donors (Lipinski definition) is 0. The summed E-state index contributed by atoms with van der Waals surface area (Å²) in [4.78, 5) is 30.4. The van der Waals surface area contributed by atoms with Crippen molar-refractivity contribution < 1.29 is 9.53 Å². The largest absolute Gasteiger partial charge is 0.369 e. The van der Waals surface area contributed by atoms with Crippen LogP contribution in [0.25, 0.3) is 16.2 Å². The fourth-order valence-corrected chi connectivity index (χ4v) is 5.93. The SMILES string of the molecule is O=C(c1cnc2cccnn12)N1CCC2(CC1)OCCc1cc(-c3cnccn3)sc12. The van der Waals surface area contributed by atoms with Crippen molar-refractivity contribution >= 4 is 22.9 Å². The number of piperidine rings is 1. The summed E-state index contributed by atoms with van der Waals surface area (Å²) in [5, 5.41) is 4.27. The second kappa shape index (κ2) is 7.21. The minimum absolute atomic E-state index is 0.0384. The van der Waals surface area contributed by atoms with E-state index in [1.54, 1.807) is 46.8 Å². The zero-order chi connectivity index (χ0) is 20.8. The number of amides is 1. The summed E-state index contributed by atoms with van der Waals surface area (Å²) in [6.45, 7) is 1.97. The Hall–Kier alpha value is -3.17. The van der Waals surface area contributed by atoms with Crippen LogP contribution in [0.1, 0.15) is 33.8 Å². The highest BCUT2D eigenvalue weighted by atomic mass is 32.1. The van der Waals surface area contributed by atoms with Crippen LogP contribution in [0.2, 0.25) is 0 Å². The van der Waals surface area contributed by atoms with Gasteiger partial charge in [0.1, 0.15) is 5.60 Å². The van der Waals surface area contributed by atoms with Crippen LogP contribution < -0.4 is 0 Å². The Balaban J connectivity index is 1.25. The van der Waals surface area contributed by atoms with E-state index < -0.39 is 0 Å². The maximum Gasteiger partial charge on any atom is 0.274 e. The van der Waals surface area contributed by atoms with Gasteiger partial charge in [0.2, 0.25) is 0 Å². The number of imidazole rings is 1. The van der Waals surface area contributed by atoms with Gasteiger partial charge < -0.3 is 9.64 Å². The Morgan fingerprint density at radius 3 is 2.87 bits per heavy atom. The van der Waals surface area contributed by atoms with Gasteiger partial charge in [-0.25, -0.2) is 9.50 Å². The Labute approximate surface area is 182 Å². The van der Waals surface area contributed by atoms with Crippen LogP contribution >= 0.6 is 11.3 Å². The van der Waals surface area contributed by atoms with Gasteiger partial charge in [-0.1, -0.05) is 0 Å². The molecule has 31 heavy (non-hydrogen) atoms. The molecule has 1 fully saturated rings. The number of rotatable bonds is 2. The van der Waals surface area contributed by atoms with E-state index in [0.29, 0.717) is 31.0 Å². The smallest absolute Gasteiger partial charge is 0.274 e. The Morgan fingerprint density at radius 1 is 1.13 bits per heavy atom. The first kappa shape index (κ1) is 18.6. The Kier molecular flexibility index (Phi) is 4.32. The third-order valence-corrected chi connectivity index (χ3v) is 7.53. The molecule has 1 saturated heterocycles. The lowest BCUT2D eigenvalue weighted by Gasteiger charge is -2.43. The normalized spacial score (nSPS) is 17.7. The number of ether oxygens (including phenoxy) is 1. The highest BCUT2D eigenvalue weighted by Gasteiger charge is 2.43. The number of carbonyl (C=O) groups excluding carboxylic acids is 1. The van der Waals surface area contributed by atoms with E-state index in [0.717, 1.165) is 29.8 Å². The van der Waals surface area contributed by atoms with Crippen molar-refractivity contribution in [1.82, 2.24) is 29.5 Å². The topological polar surface area (TPSA) is 85.5 Å². The molecule has 6 rings (SSSR count). The molecular weight excluding hydrogens is 412 g/mol. The van der Waals surface area contributed by atoms with Gasteiger partial charge in [0.15, 0.2) is 11.3 Å². The number of aromatic nitrogens is 5. The predicted octanol–water partition coefficient (Wildman–Crippen LogP) is 2.95. The molecule has 156 valence electrons. The van der Waals surface area contributed by atoms with Crippen LogP contribution in [0.3, 0.4) is 0 Å². The van der Waals surface area contributed by atoms with Crippen molar-refractivity contribution in [3.8, 4) is 10.6 Å². The molecule has 9 heteroatoms. The summed E-state index contributed by atoms with van der Waals surface area (Å²) in [6.07, 6.45) is 10.9. The van der Waals surface area contributed by atoms with Crippen molar-refractivity contribution in [3.63, 3.8) is 0 Å². The summed E-state index contributed by atoms with van der Waals surface area (Å²) in [5.74, 6) is -0.0384. The number of nitrogens with zero attached hydrogens (tertiary/aromatic N) is 6. The van der Waals surface area contributed by atoms with Gasteiger partial charge in [0.25, 0.3) is 5.91 Å². The molecule has 0 N–H and O–H groups in total. The van der Waals surface area contributed by atoms with E-state index in [4.69, 9.17) is 4.74 Å². The lowest BCUT2D eigenvalue weighted by Crippen LogP contribution is -2.48. The summed E-state index contributed by atoms with van der Waals surface area (Å²) >= 11 is 1.75. The van der Waals surface area contributed by atoms with Crippen molar-refractivity contribution in [2.45, 2.75) is 24.9 Å². The van der Waals surface area contributed by atoms with Crippen LogP contribution in [-0.4, -0.2) is 55.1 Å². The highest BCUT2D eigenvalue weighted by Crippen LogP contribution is 2.47. The molecular formula is C22H20N6O2S. The van der Waals surface area contributed by atoms with Gasteiger partial charge >= 0.3 is 0 Å². The minimum atomic E-state index is -0.326. The molecule has 0 atom stereocenters. The molecule has 0 saturated carbocycles. The van der Waals surface area contributed by atoms with Gasteiger partial charge in [-0.2, -0.15) is 5.10 Å². The molecule has 6 heterocycles. The van der Waals surface area contributed by atoms with E-state index in [1.165, 1.54) is 10.4 Å². The lowest BCUT2D eigenvalue weighted by molar-refractivity contribution is -0.0906. The zero-order valence-corrected chi connectivity index (χ0v) is 17.6. The van der Waals surface area contributed by atoms with Gasteiger partial charge in [0, 0.05) is 36.6 Å². The quantitative estimate of drug-likeness (QED) is 0.484. The van der Waals surface area contributed by atoms with Gasteiger partial charge in [-0.15, -0.1) is 11.3 Å². The van der Waals surface area contributed by atoms with Crippen molar-refractivity contribution in [2.24, 2.45) is 0 Å². The summed E-state index contributed by atoms with van der Waals surface area (Å²) in [7, 11) is 0. The molecule has 0 radical (unpaired) electrons. The molecule has 8 nitrogen and oxygen atoms in total. The lowest BCUT2D eigenvalue weighted by atomic mass is 9.85. The van der Waals surface area contributed by atoms with Crippen LogP contribution in [0, 0.1) is 0 Å². The second-order valence-electron chi connectivity index (χ2n) is 7.88. The van der Waals surface area contributed by atoms with Crippen molar-refractivity contribution in [1.29, 1.82) is 0 Å². The fraction of sp³-hybridized carbons (Fsp3) is 0.318. The first-order valence-corrected chi connectivity index (χ1v) is 11.2. The molecule has 0 unspecified atom stereocenters. The third-order valence-electron chi connectivity index (χ3n) is 6.14. The first-order chi connectivity index (χ1) is 15.2. The van der Waals surface area contributed by atoms with E-state index in [2.05, 4.69) is 26.1 Å². The van der Waals surface area contributed by atoms with Gasteiger partial charge in [-0.05, 0) is 43.0 Å². The molecule has 4 aromatic rings. The molecule has 1 spiro atoms. The summed E-state index contributed by atoms with van der Waals surface area (Å²) in [6, 6.07) is 5.89. The van der Waals surface area contributed by atoms with E-state index in [-0.39, 0.29) is 11.5 Å². The second-order valence-corrected chi connectivity index (χ2v) is 8.93. The van der Waals surface area contributed by atoms with Crippen LogP contribution in [0.5, 0.6) is 0 Å². The fourth-order valence-electron chi connectivity index (χ4n) is 4.55. The third kappa shape index (κ3) is 3.03. The molecule has 0 aliphatic carbocycles. The monoisotopic (exact) mass is 432 g/mol. The van der Waals surface area contributed by atoms with Crippen LogP contribution in [0.4, 0.5) is 0 Å². The van der Waals surface area contributed by atoms with E-state index in [1.807, 2.05) is 17.0 Å². The van der Waals surface area contributed by atoms with Crippen molar-refractivity contribution in [3.05, 3.63) is 65.3 Å². The number of hydrogen-bond acceptors (Lipinski definition) is 7. The Morgan fingerprint density at radius 2 is 2.03 bits per heavy atom. The summed E-state index contributed by atoms with van der Waals surface area (Å²) in [5.41, 5.74) is 3.08. The molecule has 0 aromatic carbocycles. The van der Waals surface area contributed by atoms with Gasteiger partial charge in [0.05, 0.1) is 29.6 Å². The minimum Gasteiger partial charge on any atom is -0.369 e. The van der Waals surface area contributed by atoms with E-state index >= 15 is 0 Å². The maximum absolute atomic E-state index is 13.2. The molecule has 2 aliphatic heterocycles. The average Bonchev–Trinajstić information content (AvgIpc) is 3.45. The van der Waals surface area contributed by atoms with Crippen LogP contribution in [0.15, 0.2) is 49.2 Å². The highest BCUT2D eigenvalue weighted by molar-refractivity contribution is 7.15. The van der Waals surface area contributed by atoms with Gasteiger partial charge in [-0.3, -0.25) is 14.8 Å². The Bertz CT molecular complexity index is 1260. The molecule has 4 aromatic heterocycles. The van der Waals surface area contributed by atoms with Crippen molar-refractivity contribution in [2.75, 3.05) is 19.7 Å². The maximum atomic E-state index is 13.2. The molecule has 2 aliphatic rings. The number of fused-ring (bicyclic) bond motifs is 3. The standard InChI is InChI=1S/C22H20N6O2S/c29-21(17-14-25-19-2-1-6-26-28(17)19)27-9-4-22(5-10-27)20-15(3-11-30-22)12-18(31-20)16-13-23-7-8-24-16/h1-2,6-8,12-14H,3-5,9-11H2. The molecule has 0 bridgehead atoms. The summed E-state index contributed by atoms with van der Waals surface area (Å²) < 4.78 is 7.98. The number of likely N-dealkylation sites (tertiary alicyclic amines) is 1. The zero-order valence-electron chi connectivity index (χ0n) is 16.8. The molecule has 1 amide bonds.